The Morgan fingerprint density at radius 2 is 2.12 bits per heavy atom. The van der Waals surface area contributed by atoms with E-state index in [1.165, 1.54) is 11.3 Å². The minimum Gasteiger partial charge on any atom is -0.264 e. The van der Waals surface area contributed by atoms with Crippen molar-refractivity contribution in [2.45, 2.75) is 26.2 Å². The van der Waals surface area contributed by atoms with E-state index in [1.807, 2.05) is 12.1 Å². The van der Waals surface area contributed by atoms with Crippen LogP contribution in [-0.4, -0.2) is 9.97 Å². The van der Waals surface area contributed by atoms with Gasteiger partial charge in [0.15, 0.2) is 0 Å². The van der Waals surface area contributed by atoms with E-state index in [0.717, 1.165) is 16.3 Å². The van der Waals surface area contributed by atoms with Crippen LogP contribution in [0.15, 0.2) is 24.5 Å². The standard InChI is InChI=1S/C13H13N3S/c1-13(2,3)11-10(7-14)17-12(16-11)9-5-4-6-15-8-9/h4-6,8H,1-3H3. The lowest BCUT2D eigenvalue weighted by atomic mass is 9.91. The van der Waals surface area contributed by atoms with E-state index in [9.17, 15) is 0 Å². The first-order valence-corrected chi connectivity index (χ1v) is 6.16. The van der Waals surface area contributed by atoms with Crippen molar-refractivity contribution >= 4 is 11.3 Å². The molecule has 2 heterocycles. The van der Waals surface area contributed by atoms with Crippen LogP contribution >= 0.6 is 11.3 Å². The van der Waals surface area contributed by atoms with Crippen molar-refractivity contribution in [3.63, 3.8) is 0 Å². The number of pyridine rings is 1. The number of rotatable bonds is 1. The zero-order chi connectivity index (χ0) is 12.5. The second-order valence-electron chi connectivity index (χ2n) is 4.80. The molecular formula is C13H13N3S. The molecule has 86 valence electrons. The van der Waals surface area contributed by atoms with E-state index in [2.05, 4.69) is 36.8 Å². The van der Waals surface area contributed by atoms with Crippen LogP contribution in [0.4, 0.5) is 0 Å². The molecule has 0 bridgehead atoms. The van der Waals surface area contributed by atoms with Crippen molar-refractivity contribution in [3.8, 4) is 16.6 Å². The highest BCUT2D eigenvalue weighted by atomic mass is 32.1. The van der Waals surface area contributed by atoms with E-state index in [0.29, 0.717) is 4.88 Å². The molecule has 0 unspecified atom stereocenters. The zero-order valence-electron chi connectivity index (χ0n) is 10.1. The normalized spacial score (nSPS) is 11.2. The highest BCUT2D eigenvalue weighted by molar-refractivity contribution is 7.15. The van der Waals surface area contributed by atoms with Gasteiger partial charge in [-0.1, -0.05) is 20.8 Å². The second kappa shape index (κ2) is 4.27. The average Bonchev–Trinajstić information content (AvgIpc) is 2.74. The zero-order valence-corrected chi connectivity index (χ0v) is 10.9. The van der Waals surface area contributed by atoms with Crippen molar-refractivity contribution in [1.29, 1.82) is 5.26 Å². The Morgan fingerprint density at radius 1 is 1.35 bits per heavy atom. The number of hydrogen-bond donors (Lipinski definition) is 0. The van der Waals surface area contributed by atoms with Crippen molar-refractivity contribution in [3.05, 3.63) is 35.1 Å². The first-order valence-electron chi connectivity index (χ1n) is 5.34. The summed E-state index contributed by atoms with van der Waals surface area (Å²) >= 11 is 1.43. The van der Waals surface area contributed by atoms with Gasteiger partial charge in [-0.25, -0.2) is 4.98 Å². The Kier molecular flexibility index (Phi) is 2.95. The van der Waals surface area contributed by atoms with Crippen molar-refractivity contribution in [2.24, 2.45) is 0 Å². The van der Waals surface area contributed by atoms with Gasteiger partial charge < -0.3 is 0 Å². The third kappa shape index (κ3) is 2.34. The maximum atomic E-state index is 9.15. The summed E-state index contributed by atoms with van der Waals surface area (Å²) in [6.45, 7) is 6.20. The number of nitrogens with zero attached hydrogens (tertiary/aromatic N) is 3. The van der Waals surface area contributed by atoms with Crippen molar-refractivity contribution in [2.75, 3.05) is 0 Å². The third-order valence-electron chi connectivity index (χ3n) is 2.35. The predicted molar refractivity (Wildman–Crippen MR) is 68.8 cm³/mol. The molecule has 0 saturated carbocycles. The molecule has 4 heteroatoms. The highest BCUT2D eigenvalue weighted by Crippen LogP contribution is 2.33. The minimum absolute atomic E-state index is 0.109. The molecule has 17 heavy (non-hydrogen) atoms. The van der Waals surface area contributed by atoms with Crippen LogP contribution in [0.1, 0.15) is 31.3 Å². The summed E-state index contributed by atoms with van der Waals surface area (Å²) in [5.41, 5.74) is 1.72. The molecule has 0 fully saturated rings. The summed E-state index contributed by atoms with van der Waals surface area (Å²) < 4.78 is 0. The summed E-state index contributed by atoms with van der Waals surface area (Å²) in [6, 6.07) is 6.06. The first-order chi connectivity index (χ1) is 8.02. The molecule has 2 rings (SSSR count). The lowest BCUT2D eigenvalue weighted by Crippen LogP contribution is -2.13. The Labute approximate surface area is 105 Å². The first kappa shape index (κ1) is 11.7. The fourth-order valence-electron chi connectivity index (χ4n) is 1.52. The lowest BCUT2D eigenvalue weighted by Gasteiger charge is -2.15. The topological polar surface area (TPSA) is 49.6 Å². The lowest BCUT2D eigenvalue weighted by molar-refractivity contribution is 0.572. The molecule has 0 saturated heterocycles. The van der Waals surface area contributed by atoms with Crippen molar-refractivity contribution < 1.29 is 0 Å². The monoisotopic (exact) mass is 243 g/mol. The van der Waals surface area contributed by atoms with Gasteiger partial charge in [0.05, 0.1) is 5.69 Å². The predicted octanol–water partition coefficient (Wildman–Crippen LogP) is 3.37. The molecule has 0 radical (unpaired) electrons. The van der Waals surface area contributed by atoms with Crippen LogP contribution in [-0.2, 0) is 5.41 Å². The molecule has 0 amide bonds. The van der Waals surface area contributed by atoms with E-state index in [4.69, 9.17) is 5.26 Å². The van der Waals surface area contributed by atoms with Crippen LogP contribution in [0, 0.1) is 11.3 Å². The smallest absolute Gasteiger partial charge is 0.128 e. The minimum atomic E-state index is -0.109. The van der Waals surface area contributed by atoms with Crippen molar-refractivity contribution in [1.82, 2.24) is 9.97 Å². The SMILES string of the molecule is CC(C)(C)c1nc(-c2cccnc2)sc1C#N. The molecule has 3 nitrogen and oxygen atoms in total. The number of thiazole rings is 1. The van der Waals surface area contributed by atoms with E-state index in [1.54, 1.807) is 12.4 Å². The fourth-order valence-corrected chi connectivity index (χ4v) is 2.58. The van der Waals surface area contributed by atoms with Gasteiger partial charge in [-0.3, -0.25) is 4.98 Å². The Hall–Kier alpha value is -1.73. The molecular weight excluding hydrogens is 230 g/mol. The molecule has 0 aliphatic heterocycles. The molecule has 0 aromatic carbocycles. The fraction of sp³-hybridized carbons (Fsp3) is 0.308. The molecule has 2 aromatic heterocycles. The summed E-state index contributed by atoms with van der Waals surface area (Å²) in [6.07, 6.45) is 3.50. The average molecular weight is 243 g/mol. The molecule has 0 spiro atoms. The van der Waals surface area contributed by atoms with Gasteiger partial charge in [0.1, 0.15) is 16.0 Å². The Bertz CT molecular complexity index is 559. The molecule has 2 aromatic rings. The van der Waals surface area contributed by atoms with E-state index >= 15 is 0 Å². The third-order valence-corrected chi connectivity index (χ3v) is 3.36. The maximum Gasteiger partial charge on any atom is 0.128 e. The molecule has 0 N–H and O–H groups in total. The van der Waals surface area contributed by atoms with Gasteiger partial charge in [0, 0.05) is 23.4 Å². The summed E-state index contributed by atoms with van der Waals surface area (Å²) in [5.74, 6) is 0. The van der Waals surface area contributed by atoms with Crippen LogP contribution in [0.3, 0.4) is 0 Å². The highest BCUT2D eigenvalue weighted by Gasteiger charge is 2.23. The summed E-state index contributed by atoms with van der Waals surface area (Å²) in [4.78, 5) is 9.34. The van der Waals surface area contributed by atoms with Crippen LogP contribution < -0.4 is 0 Å². The van der Waals surface area contributed by atoms with Gasteiger partial charge in [-0.05, 0) is 12.1 Å². The quantitative estimate of drug-likeness (QED) is 0.771. The van der Waals surface area contributed by atoms with Crippen LogP contribution in [0.2, 0.25) is 0 Å². The van der Waals surface area contributed by atoms with E-state index < -0.39 is 0 Å². The number of nitriles is 1. The number of aromatic nitrogens is 2. The molecule has 0 aliphatic carbocycles. The van der Waals surface area contributed by atoms with Gasteiger partial charge in [-0.15, -0.1) is 11.3 Å². The van der Waals surface area contributed by atoms with Gasteiger partial charge in [0.2, 0.25) is 0 Å². The van der Waals surface area contributed by atoms with Crippen LogP contribution in [0.5, 0.6) is 0 Å². The van der Waals surface area contributed by atoms with Gasteiger partial charge >= 0.3 is 0 Å². The summed E-state index contributed by atoms with van der Waals surface area (Å²) in [5, 5.41) is 10.0. The number of hydrogen-bond acceptors (Lipinski definition) is 4. The largest absolute Gasteiger partial charge is 0.264 e. The Morgan fingerprint density at radius 3 is 2.59 bits per heavy atom. The summed E-state index contributed by atoms with van der Waals surface area (Å²) in [7, 11) is 0. The molecule has 0 atom stereocenters. The molecule has 0 aliphatic rings. The van der Waals surface area contributed by atoms with E-state index in [-0.39, 0.29) is 5.41 Å². The second-order valence-corrected chi connectivity index (χ2v) is 5.80. The van der Waals surface area contributed by atoms with Gasteiger partial charge in [0.25, 0.3) is 0 Å². The van der Waals surface area contributed by atoms with Gasteiger partial charge in [-0.2, -0.15) is 5.26 Å². The Balaban J connectivity index is 2.54. The maximum absolute atomic E-state index is 9.15. The van der Waals surface area contributed by atoms with Crippen LogP contribution in [0.25, 0.3) is 10.6 Å².